The molecule has 5 nitrogen and oxygen atoms in total. The fourth-order valence-corrected chi connectivity index (χ4v) is 5.68. The van der Waals surface area contributed by atoms with E-state index in [2.05, 4.69) is 16.3 Å². The molecular formula is C23H31FN2O3S. The first-order chi connectivity index (χ1) is 13.9. The minimum Gasteiger partial charge on any atom is -0.326 e. The lowest BCUT2D eigenvalue weighted by Gasteiger charge is -2.33. The molecule has 3 rings (SSSR count). The van der Waals surface area contributed by atoms with Gasteiger partial charge in [0, 0.05) is 31.2 Å². The molecule has 0 spiro atoms. The molecule has 7 heteroatoms. The van der Waals surface area contributed by atoms with Crippen LogP contribution in [0.3, 0.4) is 0 Å². The van der Waals surface area contributed by atoms with Gasteiger partial charge in [-0.15, -0.1) is 0 Å². The van der Waals surface area contributed by atoms with Crippen molar-refractivity contribution in [2.24, 2.45) is 5.41 Å². The summed E-state index contributed by atoms with van der Waals surface area (Å²) in [6.45, 7) is 10.9. The molecule has 0 saturated heterocycles. The highest BCUT2D eigenvalue weighted by molar-refractivity contribution is 7.91. The van der Waals surface area contributed by atoms with Crippen LogP contribution in [0.2, 0.25) is 0 Å². The van der Waals surface area contributed by atoms with E-state index in [9.17, 15) is 17.6 Å². The van der Waals surface area contributed by atoms with Gasteiger partial charge in [0.15, 0.2) is 9.84 Å². The van der Waals surface area contributed by atoms with Crippen LogP contribution >= 0.6 is 0 Å². The Morgan fingerprint density at radius 3 is 2.60 bits per heavy atom. The molecule has 1 aromatic carbocycles. The number of amides is 1. The summed E-state index contributed by atoms with van der Waals surface area (Å²) < 4.78 is 38.9. The van der Waals surface area contributed by atoms with Gasteiger partial charge in [0.2, 0.25) is 5.91 Å². The zero-order valence-electron chi connectivity index (χ0n) is 18.4. The summed E-state index contributed by atoms with van der Waals surface area (Å²) in [6.07, 6.45) is 3.25. The van der Waals surface area contributed by atoms with Gasteiger partial charge in [-0.25, -0.2) is 12.8 Å². The van der Waals surface area contributed by atoms with Crippen molar-refractivity contribution in [2.45, 2.75) is 64.9 Å². The van der Waals surface area contributed by atoms with Gasteiger partial charge in [-0.05, 0) is 54.5 Å². The van der Waals surface area contributed by atoms with Gasteiger partial charge in [-0.2, -0.15) is 0 Å². The molecule has 0 radical (unpaired) electrons. The summed E-state index contributed by atoms with van der Waals surface area (Å²) in [5.74, 6) is -0.571. The number of rotatable bonds is 3. The average molecular weight is 435 g/mol. The van der Waals surface area contributed by atoms with E-state index in [0.717, 1.165) is 22.9 Å². The minimum atomic E-state index is -3.52. The standard InChI is InChI=1S/C23H31FN2O3S/c1-15-10-19(11-16(2)22(15)25-21(27)13-23(3,4)5)26-8-9-30(28,29)20-12-18(24)7-6-17(20)14-26/h6-7,10,12,19H,8-9,11,13-14H2,1-5H3,(H,25,27). The van der Waals surface area contributed by atoms with E-state index < -0.39 is 15.7 Å². The molecule has 1 aliphatic heterocycles. The third kappa shape index (κ3) is 5.19. The lowest BCUT2D eigenvalue weighted by molar-refractivity contribution is -0.122. The van der Waals surface area contributed by atoms with Gasteiger partial charge in [0.25, 0.3) is 0 Å². The van der Waals surface area contributed by atoms with Crippen molar-refractivity contribution in [1.29, 1.82) is 0 Å². The third-order valence-electron chi connectivity index (χ3n) is 5.59. The minimum absolute atomic E-state index is 0.000120. The Bertz CT molecular complexity index is 1020. The Hall–Kier alpha value is -1.99. The summed E-state index contributed by atoms with van der Waals surface area (Å²) >= 11 is 0. The Labute approximate surface area is 179 Å². The molecule has 1 unspecified atom stereocenters. The third-order valence-corrected chi connectivity index (χ3v) is 7.36. The van der Waals surface area contributed by atoms with E-state index in [4.69, 9.17) is 0 Å². The number of benzene rings is 1. The first-order valence-electron chi connectivity index (χ1n) is 10.3. The van der Waals surface area contributed by atoms with Crippen molar-refractivity contribution in [1.82, 2.24) is 10.2 Å². The fraction of sp³-hybridized carbons (Fsp3) is 0.522. The van der Waals surface area contributed by atoms with E-state index in [1.54, 1.807) is 6.07 Å². The second kappa shape index (κ2) is 8.27. The number of sulfone groups is 1. The number of fused-ring (bicyclic) bond motifs is 1. The van der Waals surface area contributed by atoms with Crippen LogP contribution in [-0.4, -0.2) is 37.6 Å². The Kier molecular flexibility index (Phi) is 6.25. The lowest BCUT2D eigenvalue weighted by atomic mass is 9.90. The van der Waals surface area contributed by atoms with Gasteiger partial charge in [-0.1, -0.05) is 32.9 Å². The lowest BCUT2D eigenvalue weighted by Crippen LogP contribution is -2.38. The fourth-order valence-electron chi connectivity index (χ4n) is 4.17. The van der Waals surface area contributed by atoms with Gasteiger partial charge in [-0.3, -0.25) is 9.69 Å². The zero-order chi connectivity index (χ0) is 22.3. The van der Waals surface area contributed by atoms with Crippen molar-refractivity contribution < 1.29 is 17.6 Å². The maximum absolute atomic E-state index is 13.6. The molecule has 1 N–H and O–H groups in total. The number of hydrogen-bond donors (Lipinski definition) is 1. The normalized spacial score (nSPS) is 22.2. The average Bonchev–Trinajstić information content (AvgIpc) is 2.73. The predicted molar refractivity (Wildman–Crippen MR) is 116 cm³/mol. The predicted octanol–water partition coefficient (Wildman–Crippen LogP) is 3.96. The summed E-state index contributed by atoms with van der Waals surface area (Å²) in [7, 11) is -3.52. The van der Waals surface area contributed by atoms with E-state index in [1.807, 2.05) is 34.6 Å². The van der Waals surface area contributed by atoms with E-state index in [1.165, 1.54) is 6.07 Å². The largest absolute Gasteiger partial charge is 0.326 e. The molecule has 1 aromatic rings. The number of nitrogens with one attached hydrogen (secondary N) is 1. The monoisotopic (exact) mass is 434 g/mol. The number of hydrogen-bond acceptors (Lipinski definition) is 4. The van der Waals surface area contributed by atoms with Crippen LogP contribution in [-0.2, 0) is 21.2 Å². The zero-order valence-corrected chi connectivity index (χ0v) is 19.2. The Balaban J connectivity index is 1.80. The summed E-state index contributed by atoms with van der Waals surface area (Å²) in [5, 5.41) is 3.06. The van der Waals surface area contributed by atoms with Gasteiger partial charge in [0.05, 0.1) is 10.6 Å². The number of halogens is 1. The highest BCUT2D eigenvalue weighted by atomic mass is 32.2. The van der Waals surface area contributed by atoms with Crippen LogP contribution < -0.4 is 5.32 Å². The molecule has 0 bridgehead atoms. The molecule has 2 aliphatic rings. The molecule has 1 amide bonds. The Morgan fingerprint density at radius 2 is 1.97 bits per heavy atom. The highest BCUT2D eigenvalue weighted by Crippen LogP contribution is 2.31. The van der Waals surface area contributed by atoms with E-state index in [0.29, 0.717) is 31.5 Å². The molecule has 1 heterocycles. The smallest absolute Gasteiger partial charge is 0.224 e. The van der Waals surface area contributed by atoms with Crippen molar-refractivity contribution in [3.8, 4) is 0 Å². The highest BCUT2D eigenvalue weighted by Gasteiger charge is 2.31. The SMILES string of the molecule is CC1=CC(N2CCS(=O)(=O)c3cc(F)ccc3C2)CC(C)=C1NC(=O)CC(C)(C)C. The van der Waals surface area contributed by atoms with Crippen LogP contribution in [0.5, 0.6) is 0 Å². The number of nitrogens with zero attached hydrogens (tertiary/aromatic N) is 1. The number of carbonyl (C=O) groups is 1. The van der Waals surface area contributed by atoms with Gasteiger partial charge in [0.1, 0.15) is 5.82 Å². The van der Waals surface area contributed by atoms with Crippen LogP contribution in [0.1, 0.15) is 53.0 Å². The Morgan fingerprint density at radius 1 is 1.27 bits per heavy atom. The molecule has 164 valence electrons. The topological polar surface area (TPSA) is 66.5 Å². The van der Waals surface area contributed by atoms with Crippen molar-refractivity contribution in [3.05, 3.63) is 52.5 Å². The van der Waals surface area contributed by atoms with Crippen molar-refractivity contribution in [3.63, 3.8) is 0 Å². The molecule has 0 fully saturated rings. The maximum atomic E-state index is 13.6. The van der Waals surface area contributed by atoms with Crippen molar-refractivity contribution in [2.75, 3.05) is 12.3 Å². The van der Waals surface area contributed by atoms with Crippen LogP contribution in [0.15, 0.2) is 46.0 Å². The second-order valence-electron chi connectivity index (χ2n) is 9.60. The van der Waals surface area contributed by atoms with Crippen LogP contribution in [0, 0.1) is 11.2 Å². The van der Waals surface area contributed by atoms with E-state index >= 15 is 0 Å². The van der Waals surface area contributed by atoms with Crippen molar-refractivity contribution >= 4 is 15.7 Å². The molecule has 0 saturated carbocycles. The van der Waals surface area contributed by atoms with E-state index in [-0.39, 0.29) is 28.0 Å². The first kappa shape index (κ1) is 22.7. The van der Waals surface area contributed by atoms with Gasteiger partial charge >= 0.3 is 0 Å². The quantitative estimate of drug-likeness (QED) is 0.782. The second-order valence-corrected chi connectivity index (χ2v) is 11.7. The maximum Gasteiger partial charge on any atom is 0.224 e. The molecule has 0 aromatic heterocycles. The summed E-state index contributed by atoms with van der Waals surface area (Å²) in [5.41, 5.74) is 3.47. The molecule has 1 aliphatic carbocycles. The summed E-state index contributed by atoms with van der Waals surface area (Å²) in [4.78, 5) is 14.6. The molecular weight excluding hydrogens is 403 g/mol. The number of allylic oxidation sites excluding steroid dienone is 1. The van der Waals surface area contributed by atoms with Gasteiger partial charge < -0.3 is 5.32 Å². The summed E-state index contributed by atoms with van der Waals surface area (Å²) in [6, 6.07) is 4.04. The number of carbonyl (C=O) groups excluding carboxylic acids is 1. The van der Waals surface area contributed by atoms with Crippen LogP contribution in [0.4, 0.5) is 4.39 Å². The first-order valence-corrected chi connectivity index (χ1v) is 11.9. The van der Waals surface area contributed by atoms with Crippen LogP contribution in [0.25, 0.3) is 0 Å². The molecule has 30 heavy (non-hydrogen) atoms. The molecule has 1 atom stereocenters.